The van der Waals surface area contributed by atoms with Crippen molar-refractivity contribution < 1.29 is 24.2 Å². The van der Waals surface area contributed by atoms with Crippen LogP contribution in [0.2, 0.25) is 0 Å². The number of aromatic nitrogens is 2. The number of ether oxygens (including phenoxy) is 1. The van der Waals surface area contributed by atoms with Crippen LogP contribution in [0.1, 0.15) is 37.4 Å². The van der Waals surface area contributed by atoms with E-state index in [-0.39, 0.29) is 12.0 Å². The molecule has 42 heavy (non-hydrogen) atoms. The predicted octanol–water partition coefficient (Wildman–Crippen LogP) is 5.57. The monoisotopic (exact) mass is 562 g/mol. The number of aryl methyl sites for hydroxylation is 2. The molecule has 3 aromatic carbocycles. The van der Waals surface area contributed by atoms with Gasteiger partial charge in [0.2, 0.25) is 0 Å². The Morgan fingerprint density at radius 3 is 2.24 bits per heavy atom. The Morgan fingerprint density at radius 1 is 0.905 bits per heavy atom. The Hall–Kier alpha value is -5.44. The largest absolute Gasteiger partial charge is 0.480 e. The Labute approximate surface area is 242 Å². The van der Waals surface area contributed by atoms with Gasteiger partial charge >= 0.3 is 11.9 Å². The summed E-state index contributed by atoms with van der Waals surface area (Å²) in [6.45, 7) is 4.03. The molecule has 1 amide bonds. The third kappa shape index (κ3) is 5.85. The van der Waals surface area contributed by atoms with Gasteiger partial charge in [0.05, 0.1) is 12.7 Å². The predicted molar refractivity (Wildman–Crippen MR) is 160 cm³/mol. The van der Waals surface area contributed by atoms with Crippen molar-refractivity contribution in [3.63, 3.8) is 0 Å². The number of rotatable bonds is 9. The van der Waals surface area contributed by atoms with Gasteiger partial charge in [0.25, 0.3) is 5.91 Å². The molecule has 1 unspecified atom stereocenters. The number of hydrogen-bond donors (Lipinski definition) is 3. The molecule has 2 aromatic heterocycles. The lowest BCUT2D eigenvalue weighted by Gasteiger charge is -2.15. The average Bonchev–Trinajstić information content (AvgIpc) is 3.36. The molecule has 0 aliphatic heterocycles. The van der Waals surface area contributed by atoms with E-state index in [2.05, 4.69) is 10.6 Å². The number of carbonyl (C=O) groups is 3. The number of anilines is 2. The van der Waals surface area contributed by atoms with Crippen LogP contribution in [0.15, 0.2) is 91.1 Å². The van der Waals surface area contributed by atoms with Gasteiger partial charge in [-0.15, -0.1) is 0 Å². The molecule has 0 aliphatic rings. The summed E-state index contributed by atoms with van der Waals surface area (Å²) in [5.41, 5.74) is 6.36. The molecule has 212 valence electrons. The zero-order valence-corrected chi connectivity index (χ0v) is 23.4. The lowest BCUT2D eigenvalue weighted by Crippen LogP contribution is -2.42. The first-order valence-corrected chi connectivity index (χ1v) is 13.4. The second kappa shape index (κ2) is 12.0. The molecule has 9 nitrogen and oxygen atoms in total. The van der Waals surface area contributed by atoms with Crippen LogP contribution in [-0.4, -0.2) is 45.5 Å². The molecule has 0 aliphatic carbocycles. The van der Waals surface area contributed by atoms with Gasteiger partial charge < -0.3 is 20.5 Å². The molecule has 0 bridgehead atoms. The second-order valence-corrected chi connectivity index (χ2v) is 9.97. The van der Waals surface area contributed by atoms with Crippen molar-refractivity contribution in [3.8, 4) is 11.3 Å². The average molecular weight is 563 g/mol. The van der Waals surface area contributed by atoms with E-state index in [0.717, 1.165) is 27.9 Å². The highest BCUT2D eigenvalue weighted by molar-refractivity contribution is 5.98. The minimum atomic E-state index is -1.12. The molecular weight excluding hydrogens is 532 g/mol. The number of methoxy groups -OCH3 is 1. The maximum Gasteiger partial charge on any atom is 0.337 e. The minimum Gasteiger partial charge on any atom is -0.480 e. The summed E-state index contributed by atoms with van der Waals surface area (Å²) in [4.78, 5) is 42.0. The van der Waals surface area contributed by atoms with E-state index in [9.17, 15) is 19.5 Å². The Bertz CT molecular complexity index is 1760. The van der Waals surface area contributed by atoms with Gasteiger partial charge in [-0.25, -0.2) is 14.6 Å². The first-order chi connectivity index (χ1) is 20.2. The van der Waals surface area contributed by atoms with Gasteiger partial charge in [-0.1, -0.05) is 60.7 Å². The minimum absolute atomic E-state index is 0.156. The highest BCUT2D eigenvalue weighted by Gasteiger charge is 2.23. The van der Waals surface area contributed by atoms with Crippen LogP contribution in [0, 0.1) is 13.8 Å². The van der Waals surface area contributed by atoms with Crippen LogP contribution >= 0.6 is 0 Å². The van der Waals surface area contributed by atoms with E-state index in [0.29, 0.717) is 22.7 Å². The van der Waals surface area contributed by atoms with Crippen molar-refractivity contribution in [2.45, 2.75) is 26.3 Å². The highest BCUT2D eigenvalue weighted by Crippen LogP contribution is 2.34. The molecule has 2 heterocycles. The Balaban J connectivity index is 1.52. The number of nitrogens with one attached hydrogen (secondary N) is 2. The Morgan fingerprint density at radius 2 is 1.60 bits per heavy atom. The van der Waals surface area contributed by atoms with Gasteiger partial charge in [0.15, 0.2) is 0 Å². The van der Waals surface area contributed by atoms with Gasteiger partial charge in [0, 0.05) is 29.4 Å². The topological polar surface area (TPSA) is 122 Å². The fraction of sp³-hybridized carbons (Fsp3) is 0.152. The maximum absolute atomic E-state index is 13.2. The number of nitrogens with zero attached hydrogens (tertiary/aromatic N) is 2. The number of aliphatic carboxylic acids is 1. The quantitative estimate of drug-likeness (QED) is 0.201. The fourth-order valence-electron chi connectivity index (χ4n) is 4.81. The van der Waals surface area contributed by atoms with Gasteiger partial charge in [-0.2, -0.15) is 0 Å². The molecule has 9 heteroatoms. The van der Waals surface area contributed by atoms with E-state index in [1.165, 1.54) is 7.11 Å². The van der Waals surface area contributed by atoms with Crippen molar-refractivity contribution in [1.82, 2.24) is 14.7 Å². The summed E-state index contributed by atoms with van der Waals surface area (Å²) in [5.74, 6) is -1.40. The van der Waals surface area contributed by atoms with Gasteiger partial charge in [0.1, 0.15) is 23.2 Å². The Kier molecular flexibility index (Phi) is 8.01. The number of amides is 1. The third-order valence-corrected chi connectivity index (χ3v) is 7.08. The lowest BCUT2D eigenvalue weighted by atomic mass is 10.1. The molecular formula is C33H30N4O5. The van der Waals surface area contributed by atoms with Gasteiger partial charge in [-0.05, 0) is 54.8 Å². The fourth-order valence-corrected chi connectivity index (χ4v) is 4.81. The summed E-state index contributed by atoms with van der Waals surface area (Å²) in [6.07, 6.45) is 1.88. The molecule has 5 aromatic rings. The van der Waals surface area contributed by atoms with Crippen LogP contribution in [0.25, 0.3) is 16.9 Å². The molecule has 5 rings (SSSR count). The van der Waals surface area contributed by atoms with Crippen molar-refractivity contribution in [2.24, 2.45) is 0 Å². The highest BCUT2D eigenvalue weighted by atomic mass is 16.5. The van der Waals surface area contributed by atoms with E-state index in [1.54, 1.807) is 42.6 Å². The van der Waals surface area contributed by atoms with Crippen molar-refractivity contribution in [3.05, 3.63) is 119 Å². The lowest BCUT2D eigenvalue weighted by molar-refractivity contribution is -0.139. The molecule has 3 N–H and O–H groups in total. The molecule has 0 spiro atoms. The second-order valence-electron chi connectivity index (χ2n) is 9.97. The number of carbonyl (C=O) groups excluding carboxylic acids is 2. The van der Waals surface area contributed by atoms with E-state index < -0.39 is 23.9 Å². The van der Waals surface area contributed by atoms with E-state index in [1.807, 2.05) is 66.8 Å². The number of carboxylic acid groups (broad SMARTS) is 1. The first-order valence-electron chi connectivity index (χ1n) is 13.4. The van der Waals surface area contributed by atoms with Gasteiger partial charge in [-0.3, -0.25) is 9.20 Å². The van der Waals surface area contributed by atoms with Crippen LogP contribution < -0.4 is 10.6 Å². The normalized spacial score (nSPS) is 11.6. The van der Waals surface area contributed by atoms with E-state index >= 15 is 0 Å². The van der Waals surface area contributed by atoms with Crippen LogP contribution in [0.4, 0.5) is 11.5 Å². The number of pyridine rings is 1. The number of para-hydroxylation sites is 1. The summed E-state index contributed by atoms with van der Waals surface area (Å²) >= 11 is 0. The maximum atomic E-state index is 13.2. The van der Waals surface area contributed by atoms with Crippen LogP contribution in [0.3, 0.4) is 0 Å². The number of fused-ring (bicyclic) bond motifs is 1. The zero-order valence-electron chi connectivity index (χ0n) is 23.4. The molecule has 1 atom stereocenters. The molecule has 0 radical (unpaired) electrons. The number of benzene rings is 3. The van der Waals surface area contributed by atoms with E-state index in [4.69, 9.17) is 9.72 Å². The van der Waals surface area contributed by atoms with Crippen molar-refractivity contribution >= 4 is 35.0 Å². The zero-order chi connectivity index (χ0) is 29.8. The molecule has 0 fully saturated rings. The summed E-state index contributed by atoms with van der Waals surface area (Å²) in [6, 6.07) is 24.2. The van der Waals surface area contributed by atoms with Crippen LogP contribution in [0.5, 0.6) is 0 Å². The third-order valence-electron chi connectivity index (χ3n) is 7.08. The summed E-state index contributed by atoms with van der Waals surface area (Å²) < 4.78 is 6.66. The number of imidazole rings is 1. The van der Waals surface area contributed by atoms with Crippen LogP contribution in [-0.2, 0) is 16.0 Å². The molecule has 0 saturated carbocycles. The summed E-state index contributed by atoms with van der Waals surface area (Å²) in [7, 11) is 1.33. The number of hydrogen-bond acceptors (Lipinski definition) is 6. The number of esters is 1. The van der Waals surface area contributed by atoms with Crippen molar-refractivity contribution in [1.29, 1.82) is 0 Å². The first kappa shape index (κ1) is 28.1. The molecule has 0 saturated heterocycles. The number of carboxylic acids is 1. The standard InChI is InChI=1S/C33H30N4O5/c1-20-8-7-9-21(2)28(20)36-30-29(23-12-14-24(15-13-23)33(41)42-3)35-27-19-25(16-17-37(27)30)31(38)34-26(32(39)40)18-22-10-5-4-6-11-22/h4-17,19,26,36H,18H2,1-3H3,(H,34,38)(H,39,40). The summed E-state index contributed by atoms with van der Waals surface area (Å²) in [5, 5.41) is 15.9. The SMILES string of the molecule is COC(=O)c1ccc(-c2nc3cc(C(=O)NC(Cc4ccccc4)C(=O)O)ccn3c2Nc2c(C)cccc2C)cc1. The van der Waals surface area contributed by atoms with Crippen molar-refractivity contribution in [2.75, 3.05) is 12.4 Å². The smallest absolute Gasteiger partial charge is 0.337 e.